The highest BCUT2D eigenvalue weighted by molar-refractivity contribution is 9.10. The second-order valence-corrected chi connectivity index (χ2v) is 4.77. The van der Waals surface area contributed by atoms with Crippen molar-refractivity contribution < 1.29 is 5.11 Å². The number of halogens is 1. The van der Waals surface area contributed by atoms with Crippen molar-refractivity contribution >= 4 is 21.6 Å². The molecule has 0 aliphatic rings. The smallest absolute Gasteiger partial charge is 0.116 e. The summed E-state index contributed by atoms with van der Waals surface area (Å²) in [4.78, 5) is 0. The molecule has 0 aliphatic heterocycles. The lowest BCUT2D eigenvalue weighted by atomic mass is 10.1. The molecule has 0 heterocycles. The predicted octanol–water partition coefficient (Wildman–Crippen LogP) is 4.04. The van der Waals surface area contributed by atoms with Gasteiger partial charge in [-0.15, -0.1) is 0 Å². The minimum Gasteiger partial charge on any atom is -0.508 e. The van der Waals surface area contributed by atoms with Crippen molar-refractivity contribution in [3.8, 4) is 11.8 Å². The Bertz CT molecular complexity index is 387. The molecular weight excluding hydrogens is 280 g/mol. The molecule has 1 aromatic carbocycles. The van der Waals surface area contributed by atoms with E-state index in [-0.39, 0.29) is 5.75 Å². The van der Waals surface area contributed by atoms with Crippen LogP contribution in [-0.2, 0) is 0 Å². The van der Waals surface area contributed by atoms with E-state index < -0.39 is 0 Å². The fourth-order valence-electron chi connectivity index (χ4n) is 1.55. The van der Waals surface area contributed by atoms with Gasteiger partial charge in [0.1, 0.15) is 5.75 Å². The maximum Gasteiger partial charge on any atom is 0.116 e. The molecule has 3 nitrogen and oxygen atoms in total. The van der Waals surface area contributed by atoms with Gasteiger partial charge in [0.25, 0.3) is 0 Å². The maximum absolute atomic E-state index is 9.25. The average molecular weight is 297 g/mol. The summed E-state index contributed by atoms with van der Waals surface area (Å²) in [6.07, 6.45) is 5.02. The van der Waals surface area contributed by atoms with Crippen LogP contribution in [0, 0.1) is 11.3 Å². The van der Waals surface area contributed by atoms with Crippen molar-refractivity contribution in [2.24, 2.45) is 0 Å². The second-order valence-electron chi connectivity index (χ2n) is 3.91. The van der Waals surface area contributed by atoms with Crippen LogP contribution in [0.3, 0.4) is 0 Å². The predicted molar refractivity (Wildman–Crippen MR) is 73.0 cm³/mol. The van der Waals surface area contributed by atoms with E-state index >= 15 is 0 Å². The number of benzene rings is 1. The summed E-state index contributed by atoms with van der Waals surface area (Å²) in [5.74, 6) is 0.263. The molecule has 0 aliphatic carbocycles. The molecule has 0 atom stereocenters. The minimum absolute atomic E-state index is 0.263. The average Bonchev–Trinajstić information content (AvgIpc) is 2.30. The Kier molecular flexibility index (Phi) is 6.49. The Morgan fingerprint density at radius 3 is 2.71 bits per heavy atom. The van der Waals surface area contributed by atoms with E-state index in [1.807, 2.05) is 6.07 Å². The van der Waals surface area contributed by atoms with Crippen molar-refractivity contribution in [2.75, 3.05) is 11.9 Å². The molecule has 17 heavy (non-hydrogen) atoms. The molecule has 0 fully saturated rings. The Morgan fingerprint density at radius 2 is 2.00 bits per heavy atom. The largest absolute Gasteiger partial charge is 0.508 e. The van der Waals surface area contributed by atoms with Crippen LogP contribution >= 0.6 is 15.9 Å². The number of phenolic OH excluding ortho intramolecular Hbond substituents is 1. The molecule has 1 rings (SSSR count). The summed E-state index contributed by atoms with van der Waals surface area (Å²) in [6.45, 7) is 0.913. The van der Waals surface area contributed by atoms with Gasteiger partial charge in [-0.2, -0.15) is 5.26 Å². The summed E-state index contributed by atoms with van der Waals surface area (Å²) in [5.41, 5.74) is 1.000. The number of phenols is 1. The van der Waals surface area contributed by atoms with Crippen LogP contribution in [0.25, 0.3) is 0 Å². The van der Waals surface area contributed by atoms with Crippen molar-refractivity contribution in [1.29, 1.82) is 5.26 Å². The van der Waals surface area contributed by atoms with E-state index in [0.29, 0.717) is 6.42 Å². The molecule has 1 aromatic rings. The van der Waals surface area contributed by atoms with Crippen LogP contribution in [0.4, 0.5) is 5.69 Å². The highest BCUT2D eigenvalue weighted by atomic mass is 79.9. The molecule has 0 radical (unpaired) electrons. The molecule has 4 heteroatoms. The molecule has 0 saturated heterocycles. The first-order valence-corrected chi connectivity index (χ1v) is 6.62. The number of aromatic hydroxyl groups is 1. The van der Waals surface area contributed by atoms with Crippen LogP contribution < -0.4 is 5.32 Å². The van der Waals surface area contributed by atoms with E-state index in [4.69, 9.17) is 5.26 Å². The Hall–Kier alpha value is -1.21. The van der Waals surface area contributed by atoms with Crippen LogP contribution in [-0.4, -0.2) is 11.7 Å². The normalized spacial score (nSPS) is 9.88. The van der Waals surface area contributed by atoms with Gasteiger partial charge >= 0.3 is 0 Å². The first-order chi connectivity index (χ1) is 8.24. The van der Waals surface area contributed by atoms with Gasteiger partial charge < -0.3 is 10.4 Å². The monoisotopic (exact) mass is 296 g/mol. The van der Waals surface area contributed by atoms with E-state index in [1.54, 1.807) is 12.1 Å². The first-order valence-electron chi connectivity index (χ1n) is 5.83. The molecule has 0 unspecified atom stereocenters. The molecule has 2 N–H and O–H groups in total. The Balaban J connectivity index is 2.16. The number of nitrogens with zero attached hydrogens (tertiary/aromatic N) is 1. The number of rotatable bonds is 7. The lowest BCUT2D eigenvalue weighted by molar-refractivity contribution is 0.475. The summed E-state index contributed by atoms with van der Waals surface area (Å²) >= 11 is 3.39. The third kappa shape index (κ3) is 5.60. The molecule has 0 amide bonds. The topological polar surface area (TPSA) is 56.0 Å². The zero-order valence-electron chi connectivity index (χ0n) is 9.75. The Morgan fingerprint density at radius 1 is 1.24 bits per heavy atom. The van der Waals surface area contributed by atoms with Gasteiger partial charge in [0.05, 0.1) is 6.07 Å². The lowest BCUT2D eigenvalue weighted by Crippen LogP contribution is -2.01. The van der Waals surface area contributed by atoms with E-state index in [2.05, 4.69) is 27.3 Å². The summed E-state index contributed by atoms with van der Waals surface area (Å²) in [5, 5.41) is 20.9. The van der Waals surface area contributed by atoms with Crippen molar-refractivity contribution in [3.05, 3.63) is 22.7 Å². The minimum atomic E-state index is 0.263. The number of hydrogen-bond acceptors (Lipinski definition) is 3. The third-order valence-electron chi connectivity index (χ3n) is 2.48. The van der Waals surface area contributed by atoms with E-state index in [1.165, 1.54) is 0 Å². The second kappa shape index (κ2) is 7.97. The number of hydrogen-bond donors (Lipinski definition) is 2. The highest BCUT2D eigenvalue weighted by Crippen LogP contribution is 2.26. The summed E-state index contributed by atoms with van der Waals surface area (Å²) in [6, 6.07) is 7.35. The van der Waals surface area contributed by atoms with Crippen molar-refractivity contribution in [2.45, 2.75) is 32.1 Å². The van der Waals surface area contributed by atoms with E-state index in [9.17, 15) is 5.11 Å². The third-order valence-corrected chi connectivity index (χ3v) is 3.14. The van der Waals surface area contributed by atoms with Gasteiger partial charge in [-0.3, -0.25) is 0 Å². The molecule has 0 saturated carbocycles. The van der Waals surface area contributed by atoms with E-state index in [0.717, 1.165) is 42.4 Å². The Labute approximate surface area is 111 Å². The number of unbranched alkanes of at least 4 members (excludes halogenated alkanes) is 4. The van der Waals surface area contributed by atoms with Crippen molar-refractivity contribution in [3.63, 3.8) is 0 Å². The maximum atomic E-state index is 9.25. The molecular formula is C13H17BrN2O. The molecule has 0 spiro atoms. The van der Waals surface area contributed by atoms with Crippen LogP contribution in [0.2, 0.25) is 0 Å². The zero-order valence-corrected chi connectivity index (χ0v) is 11.3. The molecule has 0 bridgehead atoms. The van der Waals surface area contributed by atoms with Crippen LogP contribution in [0.5, 0.6) is 5.75 Å². The van der Waals surface area contributed by atoms with Crippen LogP contribution in [0.15, 0.2) is 22.7 Å². The molecule has 0 aromatic heterocycles. The van der Waals surface area contributed by atoms with Gasteiger partial charge in [0.2, 0.25) is 0 Å². The fraction of sp³-hybridized carbons (Fsp3) is 0.462. The van der Waals surface area contributed by atoms with Gasteiger partial charge in [-0.05, 0) is 47.0 Å². The van der Waals surface area contributed by atoms with Gasteiger partial charge in [-0.25, -0.2) is 0 Å². The van der Waals surface area contributed by atoms with Gasteiger partial charge in [0.15, 0.2) is 0 Å². The van der Waals surface area contributed by atoms with Crippen LogP contribution in [0.1, 0.15) is 32.1 Å². The zero-order chi connectivity index (χ0) is 12.5. The first kappa shape index (κ1) is 13.9. The fourth-order valence-corrected chi connectivity index (χ4v) is 2.06. The summed E-state index contributed by atoms with van der Waals surface area (Å²) in [7, 11) is 0. The van der Waals surface area contributed by atoms with Crippen molar-refractivity contribution in [1.82, 2.24) is 0 Å². The standard InChI is InChI=1S/C13H17BrN2O/c14-12-10-11(17)6-7-13(12)16-9-5-3-1-2-4-8-15/h6-7,10,16-17H,1-5,9H2. The number of nitriles is 1. The molecule has 92 valence electrons. The van der Waals surface area contributed by atoms with Gasteiger partial charge in [-0.1, -0.05) is 12.8 Å². The van der Waals surface area contributed by atoms with Gasteiger partial charge in [0, 0.05) is 23.1 Å². The SMILES string of the molecule is N#CCCCCCCNc1ccc(O)cc1Br. The number of anilines is 1. The lowest BCUT2D eigenvalue weighted by Gasteiger charge is -2.08. The number of nitrogens with one attached hydrogen (secondary N) is 1. The highest BCUT2D eigenvalue weighted by Gasteiger charge is 1.99. The summed E-state index contributed by atoms with van der Waals surface area (Å²) < 4.78 is 0.877. The quantitative estimate of drug-likeness (QED) is 0.590.